The normalized spacial score (nSPS) is 11.2. The van der Waals surface area contributed by atoms with Crippen LogP contribution in [0.15, 0.2) is 12.8 Å². The number of esters is 1. The number of unbranched alkanes of at least 4 members (excludes halogenated alkanes) is 2. The lowest BCUT2D eigenvalue weighted by Gasteiger charge is -2.09. The van der Waals surface area contributed by atoms with Crippen LogP contribution in [0, 0.1) is 0 Å². The molecule has 0 radical (unpaired) electrons. The molecular formula is C32H62O14. The summed E-state index contributed by atoms with van der Waals surface area (Å²) in [6, 6.07) is 0. The zero-order valence-electron chi connectivity index (χ0n) is 28.3. The Balaban J connectivity index is 3.07. The van der Waals surface area contributed by atoms with Crippen LogP contribution >= 0.6 is 0 Å². The van der Waals surface area contributed by atoms with Crippen LogP contribution in [-0.2, 0) is 66.4 Å². The van der Waals surface area contributed by atoms with E-state index < -0.39 is 0 Å². The van der Waals surface area contributed by atoms with Crippen LogP contribution in [0.1, 0.15) is 32.6 Å². The molecular weight excluding hydrogens is 608 g/mol. The molecule has 0 aliphatic heterocycles. The molecule has 0 heterocycles. The Kier molecular flexibility index (Phi) is 40.3. The average Bonchev–Trinajstić information content (AvgIpc) is 3.06. The minimum atomic E-state index is -0.161. The second-order valence-electron chi connectivity index (χ2n) is 9.45. The van der Waals surface area contributed by atoms with Gasteiger partial charge in [0.2, 0.25) is 0 Å². The Morgan fingerprint density at radius 2 is 0.674 bits per heavy atom. The van der Waals surface area contributed by atoms with Gasteiger partial charge in [-0.25, -0.2) is 0 Å². The summed E-state index contributed by atoms with van der Waals surface area (Å²) in [6.45, 7) is 17.2. The molecule has 0 aromatic heterocycles. The fourth-order valence-electron chi connectivity index (χ4n) is 3.30. The minimum absolute atomic E-state index is 0.161. The van der Waals surface area contributed by atoms with E-state index in [-0.39, 0.29) is 12.6 Å². The van der Waals surface area contributed by atoms with Crippen molar-refractivity contribution in [2.45, 2.75) is 32.6 Å². The molecule has 0 saturated heterocycles. The Morgan fingerprint density at radius 1 is 0.413 bits per heavy atom. The van der Waals surface area contributed by atoms with Gasteiger partial charge in [-0.3, -0.25) is 4.79 Å². The molecule has 46 heavy (non-hydrogen) atoms. The molecule has 0 spiro atoms. The van der Waals surface area contributed by atoms with Crippen molar-refractivity contribution in [2.24, 2.45) is 0 Å². The smallest absolute Gasteiger partial charge is 0.305 e. The molecule has 0 aliphatic carbocycles. The largest absolute Gasteiger partial charge is 0.499 e. The summed E-state index contributed by atoms with van der Waals surface area (Å²) in [6.07, 6.45) is 4.88. The minimum Gasteiger partial charge on any atom is -0.499 e. The van der Waals surface area contributed by atoms with Crippen molar-refractivity contribution in [1.82, 2.24) is 0 Å². The molecule has 0 fully saturated rings. The van der Waals surface area contributed by atoms with E-state index in [4.69, 9.17) is 61.6 Å². The van der Waals surface area contributed by atoms with Gasteiger partial charge in [-0.15, -0.1) is 0 Å². The van der Waals surface area contributed by atoms with Gasteiger partial charge in [0, 0.05) is 6.42 Å². The summed E-state index contributed by atoms with van der Waals surface area (Å²) in [4.78, 5) is 11.5. The third-order valence-electron chi connectivity index (χ3n) is 5.66. The summed E-state index contributed by atoms with van der Waals surface area (Å²) < 4.78 is 69.8. The van der Waals surface area contributed by atoms with Crippen LogP contribution in [0.3, 0.4) is 0 Å². The molecule has 0 aromatic carbocycles. The predicted molar refractivity (Wildman–Crippen MR) is 170 cm³/mol. The van der Waals surface area contributed by atoms with E-state index >= 15 is 0 Å². The molecule has 0 saturated carbocycles. The van der Waals surface area contributed by atoms with Crippen LogP contribution in [0.25, 0.3) is 0 Å². The van der Waals surface area contributed by atoms with Gasteiger partial charge >= 0.3 is 5.97 Å². The standard InChI is InChI=1S/C32H62O14/c1-3-5-6-7-32(33)46-31-30-45-29-28-44-27-26-43-25-24-42-23-22-41-21-20-40-19-18-39-17-16-38-15-14-37-13-12-36-11-10-35-9-8-34-4-2/h4H,2-3,5-31H2,1H3. The van der Waals surface area contributed by atoms with Gasteiger partial charge in [0.1, 0.15) is 13.2 Å². The summed E-state index contributed by atoms with van der Waals surface area (Å²) in [5.74, 6) is -0.161. The highest BCUT2D eigenvalue weighted by molar-refractivity contribution is 5.69. The van der Waals surface area contributed by atoms with Crippen molar-refractivity contribution in [3.63, 3.8) is 0 Å². The average molecular weight is 671 g/mol. The summed E-state index contributed by atoms with van der Waals surface area (Å²) in [5.41, 5.74) is 0. The van der Waals surface area contributed by atoms with E-state index in [1.165, 1.54) is 6.26 Å². The number of carbonyl (C=O) groups is 1. The highest BCUT2D eigenvalue weighted by Crippen LogP contribution is 2.00. The lowest BCUT2D eigenvalue weighted by Crippen LogP contribution is -2.15. The molecule has 0 amide bonds. The first-order chi connectivity index (χ1) is 22.8. The van der Waals surface area contributed by atoms with Crippen molar-refractivity contribution < 1.29 is 66.4 Å². The maximum Gasteiger partial charge on any atom is 0.305 e. The first-order valence-electron chi connectivity index (χ1n) is 16.5. The quantitative estimate of drug-likeness (QED) is 0.0535. The molecule has 0 unspecified atom stereocenters. The molecule has 0 rings (SSSR count). The van der Waals surface area contributed by atoms with E-state index in [1.807, 2.05) is 0 Å². The van der Waals surface area contributed by atoms with Gasteiger partial charge < -0.3 is 61.6 Å². The summed E-state index contributed by atoms with van der Waals surface area (Å²) >= 11 is 0. The number of carbonyl (C=O) groups excluding carboxylic acids is 1. The van der Waals surface area contributed by atoms with Gasteiger partial charge in [0.15, 0.2) is 0 Å². The van der Waals surface area contributed by atoms with Crippen LogP contribution in [-0.4, -0.2) is 165 Å². The van der Waals surface area contributed by atoms with Gasteiger partial charge in [-0.2, -0.15) is 0 Å². The molecule has 0 atom stereocenters. The zero-order chi connectivity index (χ0) is 33.3. The fraction of sp³-hybridized carbons (Fsp3) is 0.906. The lowest BCUT2D eigenvalue weighted by molar-refractivity contribution is -0.145. The maximum atomic E-state index is 11.5. The van der Waals surface area contributed by atoms with Crippen LogP contribution in [0.5, 0.6) is 0 Å². The first kappa shape index (κ1) is 44.6. The Labute approximate surface area is 276 Å². The number of hydrogen-bond acceptors (Lipinski definition) is 14. The summed E-state index contributed by atoms with van der Waals surface area (Å²) in [7, 11) is 0. The molecule has 0 bridgehead atoms. The Hall–Kier alpha value is -1.43. The zero-order valence-corrected chi connectivity index (χ0v) is 28.3. The van der Waals surface area contributed by atoms with Crippen molar-refractivity contribution in [2.75, 3.05) is 159 Å². The molecule has 0 aromatic rings. The maximum absolute atomic E-state index is 11.5. The van der Waals surface area contributed by atoms with E-state index in [1.54, 1.807) is 0 Å². The second kappa shape index (κ2) is 41.6. The van der Waals surface area contributed by atoms with Crippen LogP contribution in [0.2, 0.25) is 0 Å². The van der Waals surface area contributed by atoms with Crippen LogP contribution in [0.4, 0.5) is 0 Å². The molecule has 14 heteroatoms. The second-order valence-corrected chi connectivity index (χ2v) is 9.45. The number of hydrogen-bond donors (Lipinski definition) is 0. The Morgan fingerprint density at radius 3 is 0.935 bits per heavy atom. The van der Waals surface area contributed by atoms with Gasteiger partial charge in [-0.05, 0) is 6.42 Å². The highest BCUT2D eigenvalue weighted by Gasteiger charge is 2.02. The SMILES string of the molecule is C=COCCOCCOCCOCCOCCOCCOCCOCCOCCOCCOCCOCCOC(=O)CCCCC. The summed E-state index contributed by atoms with van der Waals surface area (Å²) in [5, 5.41) is 0. The van der Waals surface area contributed by atoms with Crippen molar-refractivity contribution in [3.8, 4) is 0 Å². The third-order valence-corrected chi connectivity index (χ3v) is 5.66. The molecule has 14 nitrogen and oxygen atoms in total. The molecule has 0 N–H and O–H groups in total. The number of rotatable bonds is 41. The van der Waals surface area contributed by atoms with Gasteiger partial charge in [-0.1, -0.05) is 26.3 Å². The predicted octanol–water partition coefficient (Wildman–Crippen LogP) is 2.45. The van der Waals surface area contributed by atoms with Crippen LogP contribution < -0.4 is 0 Å². The van der Waals surface area contributed by atoms with E-state index in [9.17, 15) is 4.79 Å². The van der Waals surface area contributed by atoms with E-state index in [0.717, 1.165) is 19.3 Å². The van der Waals surface area contributed by atoms with Gasteiger partial charge in [0.25, 0.3) is 0 Å². The Bertz CT molecular complexity index is 599. The monoisotopic (exact) mass is 670 g/mol. The van der Waals surface area contributed by atoms with Crippen molar-refractivity contribution >= 4 is 5.97 Å². The fourth-order valence-corrected chi connectivity index (χ4v) is 3.30. The highest BCUT2D eigenvalue weighted by atomic mass is 16.6. The first-order valence-corrected chi connectivity index (χ1v) is 16.5. The van der Waals surface area contributed by atoms with E-state index in [2.05, 4.69) is 13.5 Å². The molecule has 0 aliphatic rings. The van der Waals surface area contributed by atoms with Crippen molar-refractivity contribution in [3.05, 3.63) is 12.8 Å². The van der Waals surface area contributed by atoms with Crippen molar-refractivity contribution in [1.29, 1.82) is 0 Å². The lowest BCUT2D eigenvalue weighted by atomic mass is 10.2. The number of ether oxygens (including phenoxy) is 13. The topological polar surface area (TPSA) is 137 Å². The van der Waals surface area contributed by atoms with E-state index in [0.29, 0.717) is 158 Å². The third kappa shape index (κ3) is 40.6. The van der Waals surface area contributed by atoms with Gasteiger partial charge in [0.05, 0.1) is 152 Å². The molecule has 274 valence electrons.